The van der Waals surface area contributed by atoms with E-state index in [4.69, 9.17) is 18.9 Å². The molecule has 0 amide bonds. The first kappa shape index (κ1) is 26.1. The van der Waals surface area contributed by atoms with Gasteiger partial charge < -0.3 is 38.9 Å². The lowest BCUT2D eigenvalue weighted by Gasteiger charge is -2.06. The molecule has 40 heavy (non-hydrogen) atoms. The molecule has 0 radical (unpaired) electrons. The monoisotopic (exact) mass is 544 g/mol. The number of carbonyl (C=O) groups is 4. The van der Waals surface area contributed by atoms with Gasteiger partial charge in [0, 0.05) is 0 Å². The van der Waals surface area contributed by atoms with Crippen molar-refractivity contribution in [1.29, 1.82) is 0 Å². The lowest BCUT2D eigenvalue weighted by molar-refractivity contribution is -0.134. The summed E-state index contributed by atoms with van der Waals surface area (Å²) in [7, 11) is 4.99. The second-order valence-electron chi connectivity index (χ2n) is 8.61. The predicted octanol–water partition coefficient (Wildman–Crippen LogP) is -1.20. The van der Waals surface area contributed by atoms with Crippen molar-refractivity contribution in [3.63, 3.8) is 0 Å². The molecule has 8 bridgehead atoms. The zero-order chi connectivity index (χ0) is 28.6. The highest BCUT2D eigenvalue weighted by Crippen LogP contribution is 2.20. The fourth-order valence-corrected chi connectivity index (χ4v) is 4.62. The van der Waals surface area contributed by atoms with Crippen LogP contribution in [0.5, 0.6) is 0 Å². The maximum absolute atomic E-state index is 12.9. The predicted molar refractivity (Wildman–Crippen MR) is 140 cm³/mol. The summed E-state index contributed by atoms with van der Waals surface area (Å²) in [4.78, 5) is 64.1. The Morgan fingerprint density at radius 1 is 0.400 bits per heavy atom. The van der Waals surface area contributed by atoms with Crippen LogP contribution in [0.1, 0.15) is 22.8 Å². The van der Waals surface area contributed by atoms with E-state index >= 15 is 0 Å². The van der Waals surface area contributed by atoms with Crippen LogP contribution < -0.4 is 21.4 Å². The van der Waals surface area contributed by atoms with E-state index in [1.54, 1.807) is 48.5 Å². The number of ether oxygens (including phenoxy) is 4. The molecule has 0 spiro atoms. The maximum atomic E-state index is 12.9. The molecule has 4 aromatic rings. The number of carbonyl (C=O) groups excluding carboxylic acids is 4. The summed E-state index contributed by atoms with van der Waals surface area (Å²) < 4.78 is 20.2. The third-order valence-electron chi connectivity index (χ3n) is 6.46. The van der Waals surface area contributed by atoms with Gasteiger partial charge >= 0.3 is 23.9 Å². The molecule has 0 saturated carbocycles. The topological polar surface area (TPSA) is 168 Å². The minimum absolute atomic E-state index is 0.126. The lowest BCUT2D eigenvalue weighted by Crippen LogP contribution is -2.24. The van der Waals surface area contributed by atoms with E-state index in [1.165, 1.54) is 28.4 Å². The molecule has 0 aliphatic carbocycles. The van der Waals surface area contributed by atoms with Crippen LogP contribution in [-0.2, 0) is 38.1 Å². The van der Waals surface area contributed by atoms with Crippen molar-refractivity contribution < 1.29 is 38.1 Å². The number of aromatic nitrogens is 4. The van der Waals surface area contributed by atoms with Gasteiger partial charge in [0.2, 0.25) is 0 Å². The molecule has 1 aliphatic rings. The van der Waals surface area contributed by atoms with Crippen LogP contribution in [0.15, 0.2) is 48.5 Å². The van der Waals surface area contributed by atoms with Crippen LogP contribution in [0.2, 0.25) is 0 Å². The zero-order valence-corrected chi connectivity index (χ0v) is 21.9. The number of fused-ring (bicyclic) bond motifs is 8. The van der Waals surface area contributed by atoms with E-state index in [-0.39, 0.29) is 22.3 Å². The lowest BCUT2D eigenvalue weighted by atomic mass is 10.2. The van der Waals surface area contributed by atoms with Crippen molar-refractivity contribution in [2.24, 2.45) is 0 Å². The first-order valence-corrected chi connectivity index (χ1v) is 11.9. The molecule has 204 valence electrons. The minimum Gasteiger partial charge on any atom is -0.465 e. The molecule has 5 rings (SSSR count). The van der Waals surface area contributed by atoms with Crippen molar-refractivity contribution in [3.8, 4) is 0 Å². The first-order valence-electron chi connectivity index (χ1n) is 11.9. The summed E-state index contributed by atoms with van der Waals surface area (Å²) in [6.07, 6.45) is 0. The van der Waals surface area contributed by atoms with Crippen LogP contribution in [-0.4, -0.2) is 72.3 Å². The van der Waals surface area contributed by atoms with Gasteiger partial charge in [0.25, 0.3) is 0 Å². The van der Waals surface area contributed by atoms with Crippen LogP contribution in [0.3, 0.4) is 0 Å². The molecular weight excluding hydrogens is 520 g/mol. The summed E-state index contributed by atoms with van der Waals surface area (Å²) in [5.41, 5.74) is 1.83. The highest BCUT2D eigenvalue weighted by molar-refractivity contribution is 6.19. The molecular formula is C28H24N4O8. The Labute approximate surface area is 225 Å². The van der Waals surface area contributed by atoms with E-state index in [1.807, 2.05) is 0 Å². The zero-order valence-electron chi connectivity index (χ0n) is 21.9. The molecule has 0 atom stereocenters. The molecule has 0 aromatic carbocycles. The number of methoxy groups -OCH3 is 4. The van der Waals surface area contributed by atoms with Gasteiger partial charge in [-0.25, -0.2) is 19.2 Å². The van der Waals surface area contributed by atoms with Crippen LogP contribution in [0.4, 0.5) is 0 Å². The second kappa shape index (κ2) is 10.3. The van der Waals surface area contributed by atoms with Crippen molar-refractivity contribution in [2.45, 2.75) is 0 Å². The minimum atomic E-state index is -0.663. The fraction of sp³-hybridized carbons (Fsp3) is 0.143. The van der Waals surface area contributed by atoms with Gasteiger partial charge in [0.1, 0.15) is 22.3 Å². The molecule has 4 N–H and O–H groups in total. The molecule has 0 fully saturated rings. The molecule has 0 saturated heterocycles. The average molecular weight is 545 g/mol. The van der Waals surface area contributed by atoms with Gasteiger partial charge in [0.15, 0.2) is 0 Å². The summed E-state index contributed by atoms with van der Waals surface area (Å²) in [5.74, 6) is -2.65. The Morgan fingerprint density at radius 2 is 0.625 bits per heavy atom. The number of nitrogens with one attached hydrogen (secondary N) is 4. The number of rotatable bonds is 4. The van der Waals surface area contributed by atoms with E-state index in [9.17, 15) is 19.2 Å². The number of hydrogen-bond acceptors (Lipinski definition) is 8. The van der Waals surface area contributed by atoms with Crippen molar-refractivity contribution in [2.75, 3.05) is 28.4 Å². The average Bonchev–Trinajstić information content (AvgIpc) is 3.78. The number of esters is 4. The Morgan fingerprint density at radius 3 is 0.825 bits per heavy atom. The number of hydrogen-bond donors (Lipinski definition) is 4. The standard InChI is InChI=1S/C28H24N4O8/c1-37-25(33)21-13-5-7-15(29-13)22(26(34)38-2)17-9-11-19(31-17)24(28(36)40-4)20-12-10-18(32-20)23(27(35)39-3)16-8-6-14(21)30-16/h5-12,29-32H,1-4H3. The van der Waals surface area contributed by atoms with Gasteiger partial charge in [-0.1, -0.05) is 0 Å². The SMILES string of the molecule is COC(=O)C1=c2ccc([nH]2)=C(C(=O)OC)c2ccc([nH]2)C(C(=O)OC)=c2ccc([nH]2)=C(C(=O)OC)c2ccc1[nH]2. The van der Waals surface area contributed by atoms with E-state index in [2.05, 4.69) is 19.9 Å². The van der Waals surface area contributed by atoms with Gasteiger partial charge in [-0.2, -0.15) is 0 Å². The van der Waals surface area contributed by atoms with Gasteiger partial charge in [-0.3, -0.25) is 0 Å². The molecule has 12 heteroatoms. The van der Waals surface area contributed by atoms with Crippen LogP contribution in [0, 0.1) is 0 Å². The Balaban J connectivity index is 1.99. The number of aromatic amines is 4. The first-order chi connectivity index (χ1) is 19.3. The van der Waals surface area contributed by atoms with Crippen molar-refractivity contribution >= 4 is 46.2 Å². The third-order valence-corrected chi connectivity index (χ3v) is 6.46. The van der Waals surface area contributed by atoms with Crippen molar-refractivity contribution in [1.82, 2.24) is 19.9 Å². The largest absolute Gasteiger partial charge is 0.465 e. The molecule has 0 unspecified atom stereocenters. The van der Waals surface area contributed by atoms with Gasteiger partial charge in [0.05, 0.1) is 72.6 Å². The van der Waals surface area contributed by atoms with E-state index in [0.29, 0.717) is 44.2 Å². The summed E-state index contributed by atoms with van der Waals surface area (Å²) >= 11 is 0. The second-order valence-corrected chi connectivity index (χ2v) is 8.61. The van der Waals surface area contributed by atoms with Gasteiger partial charge in [-0.05, 0) is 48.5 Å². The maximum Gasteiger partial charge on any atom is 0.342 e. The third kappa shape index (κ3) is 4.30. The molecule has 12 nitrogen and oxygen atoms in total. The van der Waals surface area contributed by atoms with Crippen LogP contribution >= 0.6 is 0 Å². The number of H-pyrrole nitrogens is 4. The van der Waals surface area contributed by atoms with E-state index in [0.717, 1.165) is 0 Å². The Bertz CT molecular complexity index is 1660. The van der Waals surface area contributed by atoms with E-state index < -0.39 is 23.9 Å². The smallest absolute Gasteiger partial charge is 0.342 e. The normalized spacial score (nSPS) is 12.7. The molecule has 4 aromatic heterocycles. The quantitative estimate of drug-likeness (QED) is 0.184. The molecule has 5 heterocycles. The highest BCUT2D eigenvalue weighted by Gasteiger charge is 2.24. The summed E-state index contributed by atoms with van der Waals surface area (Å²) in [5, 5.41) is 1.33. The Hall–Kier alpha value is -5.52. The molecule has 1 aliphatic heterocycles. The van der Waals surface area contributed by atoms with Crippen LogP contribution in [0.25, 0.3) is 22.3 Å². The fourth-order valence-electron chi connectivity index (χ4n) is 4.62. The Kier molecular flexibility index (Phi) is 6.74. The summed E-state index contributed by atoms with van der Waals surface area (Å²) in [6, 6.07) is 12.9. The highest BCUT2D eigenvalue weighted by atomic mass is 16.5. The van der Waals surface area contributed by atoms with Crippen molar-refractivity contribution in [3.05, 3.63) is 92.7 Å². The van der Waals surface area contributed by atoms with Gasteiger partial charge in [-0.15, -0.1) is 0 Å². The summed E-state index contributed by atoms with van der Waals surface area (Å²) in [6.45, 7) is 0.